The normalized spacial score (nSPS) is 24.6. The molecule has 1 fully saturated rings. The van der Waals surface area contributed by atoms with E-state index in [0.29, 0.717) is 11.4 Å². The molecule has 0 amide bonds. The minimum Gasteiger partial charge on any atom is -0.327 e. The molecule has 3 heteroatoms. The molecule has 2 rings (SSSR count). The van der Waals surface area contributed by atoms with Crippen LogP contribution in [0.2, 0.25) is 5.02 Å². The summed E-state index contributed by atoms with van der Waals surface area (Å²) in [6.07, 6.45) is 5.91. The summed E-state index contributed by atoms with van der Waals surface area (Å²) in [7, 11) is 0. The third kappa shape index (κ3) is 3.56. The number of carbonyl (C=O) groups excluding carboxylic acids is 1. The number of hydrogen-bond donors (Lipinski definition) is 1. The van der Waals surface area contributed by atoms with Gasteiger partial charge in [-0.05, 0) is 30.5 Å². The second-order valence-electron chi connectivity index (χ2n) is 5.18. The molecule has 2 N–H and O–H groups in total. The maximum absolute atomic E-state index is 12.3. The van der Waals surface area contributed by atoms with Gasteiger partial charge < -0.3 is 5.73 Å². The van der Waals surface area contributed by atoms with Crippen LogP contribution in [-0.2, 0) is 11.2 Å². The molecule has 1 aliphatic carbocycles. The van der Waals surface area contributed by atoms with Gasteiger partial charge in [-0.15, -0.1) is 0 Å². The van der Waals surface area contributed by atoms with E-state index in [0.717, 1.165) is 31.2 Å². The first kappa shape index (κ1) is 13.6. The van der Waals surface area contributed by atoms with Crippen molar-refractivity contribution in [3.05, 3.63) is 34.9 Å². The van der Waals surface area contributed by atoms with Gasteiger partial charge in [-0.3, -0.25) is 4.79 Å². The lowest BCUT2D eigenvalue weighted by atomic mass is 9.88. The van der Waals surface area contributed by atoms with Crippen molar-refractivity contribution in [1.82, 2.24) is 0 Å². The van der Waals surface area contributed by atoms with Gasteiger partial charge in [0.15, 0.2) is 0 Å². The van der Waals surface area contributed by atoms with E-state index in [1.807, 2.05) is 24.3 Å². The van der Waals surface area contributed by atoms with Gasteiger partial charge in [0.1, 0.15) is 5.78 Å². The maximum atomic E-state index is 12.3. The Bertz CT molecular complexity index is 401. The molecule has 1 aromatic carbocycles. The standard InChI is InChI=1S/C15H20ClNO/c16-12-8-6-11(7-9-12)10-15(18)13-4-2-1-3-5-14(13)17/h6-9,13-14H,1-5,10,17H2. The fourth-order valence-electron chi connectivity index (χ4n) is 2.67. The number of benzene rings is 1. The third-order valence-corrected chi connectivity index (χ3v) is 4.03. The van der Waals surface area contributed by atoms with E-state index in [1.165, 1.54) is 6.42 Å². The number of Topliss-reactive ketones (excluding diaryl/α,β-unsaturated/α-hetero) is 1. The van der Waals surface area contributed by atoms with Gasteiger partial charge in [0, 0.05) is 23.4 Å². The highest BCUT2D eigenvalue weighted by molar-refractivity contribution is 6.30. The van der Waals surface area contributed by atoms with Crippen LogP contribution < -0.4 is 5.73 Å². The smallest absolute Gasteiger partial charge is 0.141 e. The van der Waals surface area contributed by atoms with Gasteiger partial charge in [0.2, 0.25) is 0 Å². The Morgan fingerprint density at radius 2 is 1.83 bits per heavy atom. The molecule has 0 bridgehead atoms. The third-order valence-electron chi connectivity index (χ3n) is 3.77. The second kappa shape index (κ2) is 6.35. The van der Waals surface area contributed by atoms with Crippen LogP contribution in [0.4, 0.5) is 0 Å². The van der Waals surface area contributed by atoms with E-state index < -0.39 is 0 Å². The van der Waals surface area contributed by atoms with E-state index in [1.54, 1.807) is 0 Å². The van der Waals surface area contributed by atoms with Crippen molar-refractivity contribution in [1.29, 1.82) is 0 Å². The summed E-state index contributed by atoms with van der Waals surface area (Å²) >= 11 is 5.84. The zero-order valence-corrected chi connectivity index (χ0v) is 11.3. The summed E-state index contributed by atoms with van der Waals surface area (Å²) in [6, 6.07) is 7.55. The molecule has 1 saturated carbocycles. The van der Waals surface area contributed by atoms with Gasteiger partial charge >= 0.3 is 0 Å². The van der Waals surface area contributed by atoms with Crippen molar-refractivity contribution in [3.63, 3.8) is 0 Å². The number of halogens is 1. The predicted molar refractivity (Wildman–Crippen MR) is 74.7 cm³/mol. The Morgan fingerprint density at radius 3 is 2.56 bits per heavy atom. The molecule has 1 aliphatic rings. The van der Waals surface area contributed by atoms with Gasteiger partial charge in [-0.25, -0.2) is 0 Å². The summed E-state index contributed by atoms with van der Waals surface area (Å²) in [4.78, 5) is 12.3. The Labute approximate surface area is 114 Å². The van der Waals surface area contributed by atoms with Crippen molar-refractivity contribution in [3.8, 4) is 0 Å². The predicted octanol–water partition coefficient (Wildman–Crippen LogP) is 3.36. The van der Waals surface area contributed by atoms with E-state index in [-0.39, 0.29) is 17.7 Å². The second-order valence-corrected chi connectivity index (χ2v) is 5.61. The SMILES string of the molecule is NC1CCCCCC1C(=O)Cc1ccc(Cl)cc1. The topological polar surface area (TPSA) is 43.1 Å². The summed E-state index contributed by atoms with van der Waals surface area (Å²) in [5.41, 5.74) is 7.14. The minimum absolute atomic E-state index is 0.0446. The van der Waals surface area contributed by atoms with Crippen LogP contribution in [-0.4, -0.2) is 11.8 Å². The lowest BCUT2D eigenvalue weighted by molar-refractivity contribution is -0.123. The van der Waals surface area contributed by atoms with Crippen LogP contribution in [0.5, 0.6) is 0 Å². The van der Waals surface area contributed by atoms with E-state index >= 15 is 0 Å². The van der Waals surface area contributed by atoms with Crippen molar-refractivity contribution in [2.45, 2.75) is 44.6 Å². The van der Waals surface area contributed by atoms with Crippen LogP contribution in [0.3, 0.4) is 0 Å². The molecule has 0 radical (unpaired) electrons. The quantitative estimate of drug-likeness (QED) is 0.852. The van der Waals surface area contributed by atoms with Crippen LogP contribution in [0.15, 0.2) is 24.3 Å². The molecule has 0 saturated heterocycles. The fourth-order valence-corrected chi connectivity index (χ4v) is 2.80. The highest BCUT2D eigenvalue weighted by Gasteiger charge is 2.26. The lowest BCUT2D eigenvalue weighted by Crippen LogP contribution is -2.35. The average Bonchev–Trinajstić information content (AvgIpc) is 2.57. The maximum Gasteiger partial charge on any atom is 0.141 e. The fraction of sp³-hybridized carbons (Fsp3) is 0.533. The lowest BCUT2D eigenvalue weighted by Gasteiger charge is -2.19. The molecule has 2 unspecified atom stereocenters. The molecule has 18 heavy (non-hydrogen) atoms. The molecule has 2 atom stereocenters. The molecule has 0 spiro atoms. The number of carbonyl (C=O) groups is 1. The average molecular weight is 266 g/mol. The molecular weight excluding hydrogens is 246 g/mol. The minimum atomic E-state index is 0.0446. The molecule has 0 aromatic heterocycles. The molecule has 98 valence electrons. The largest absolute Gasteiger partial charge is 0.327 e. The molecule has 1 aromatic rings. The van der Waals surface area contributed by atoms with Crippen molar-refractivity contribution >= 4 is 17.4 Å². The molecular formula is C15H20ClNO. The molecule has 0 heterocycles. The van der Waals surface area contributed by atoms with Gasteiger partial charge in [-0.1, -0.05) is 43.0 Å². The van der Waals surface area contributed by atoms with Crippen molar-refractivity contribution in [2.24, 2.45) is 11.7 Å². The van der Waals surface area contributed by atoms with Crippen molar-refractivity contribution < 1.29 is 4.79 Å². The monoisotopic (exact) mass is 265 g/mol. The highest BCUT2D eigenvalue weighted by Crippen LogP contribution is 2.24. The molecule has 0 aliphatic heterocycles. The van der Waals surface area contributed by atoms with E-state index in [9.17, 15) is 4.79 Å². The van der Waals surface area contributed by atoms with Gasteiger partial charge in [0.25, 0.3) is 0 Å². The van der Waals surface area contributed by atoms with Crippen LogP contribution in [0, 0.1) is 5.92 Å². The Balaban J connectivity index is 1.99. The summed E-state index contributed by atoms with van der Waals surface area (Å²) in [6.45, 7) is 0. The first-order valence-electron chi connectivity index (χ1n) is 6.69. The van der Waals surface area contributed by atoms with Crippen LogP contribution in [0.25, 0.3) is 0 Å². The Morgan fingerprint density at radius 1 is 1.17 bits per heavy atom. The summed E-state index contributed by atoms with van der Waals surface area (Å²) in [5.74, 6) is 0.329. The Kier molecular flexibility index (Phi) is 4.79. The highest BCUT2D eigenvalue weighted by atomic mass is 35.5. The zero-order chi connectivity index (χ0) is 13.0. The number of hydrogen-bond acceptors (Lipinski definition) is 2. The molecule has 2 nitrogen and oxygen atoms in total. The summed E-state index contributed by atoms with van der Waals surface area (Å²) < 4.78 is 0. The van der Waals surface area contributed by atoms with Gasteiger partial charge in [0.05, 0.1) is 0 Å². The van der Waals surface area contributed by atoms with Gasteiger partial charge in [-0.2, -0.15) is 0 Å². The summed E-state index contributed by atoms with van der Waals surface area (Å²) in [5, 5.41) is 0.706. The van der Waals surface area contributed by atoms with E-state index in [4.69, 9.17) is 17.3 Å². The van der Waals surface area contributed by atoms with Crippen LogP contribution >= 0.6 is 11.6 Å². The number of rotatable bonds is 3. The van der Waals surface area contributed by atoms with Crippen molar-refractivity contribution in [2.75, 3.05) is 0 Å². The van der Waals surface area contributed by atoms with Crippen LogP contribution in [0.1, 0.15) is 37.7 Å². The van der Waals surface area contributed by atoms with E-state index in [2.05, 4.69) is 0 Å². The number of ketones is 1. The first-order valence-corrected chi connectivity index (χ1v) is 7.07. The zero-order valence-electron chi connectivity index (χ0n) is 10.6. The number of nitrogens with two attached hydrogens (primary N) is 1. The first-order chi connectivity index (χ1) is 8.66. The Hall–Kier alpha value is -0.860.